The third-order valence-electron chi connectivity index (χ3n) is 3.66. The SMILES string of the molecule is COc1cc(-n2nc(I)c3c2C[C@@H](C)OCC3)ccc1F. The van der Waals surface area contributed by atoms with Crippen molar-refractivity contribution in [3.63, 3.8) is 0 Å². The van der Waals surface area contributed by atoms with Gasteiger partial charge in [-0.05, 0) is 41.6 Å². The summed E-state index contributed by atoms with van der Waals surface area (Å²) in [6, 6.07) is 4.80. The number of fused-ring (bicyclic) bond motifs is 1. The molecular weight excluding hydrogens is 386 g/mol. The van der Waals surface area contributed by atoms with Crippen LogP contribution in [0, 0.1) is 9.52 Å². The second kappa shape index (κ2) is 5.92. The molecule has 0 spiro atoms. The summed E-state index contributed by atoms with van der Waals surface area (Å²) in [6.45, 7) is 2.77. The van der Waals surface area contributed by atoms with Crippen LogP contribution in [0.1, 0.15) is 18.2 Å². The molecule has 1 aliphatic heterocycles. The molecule has 2 heterocycles. The maximum Gasteiger partial charge on any atom is 0.165 e. The zero-order valence-corrected chi connectivity index (χ0v) is 14.1. The van der Waals surface area contributed by atoms with Crippen LogP contribution in [0.2, 0.25) is 0 Å². The molecule has 2 aromatic rings. The molecule has 0 fully saturated rings. The highest BCUT2D eigenvalue weighted by Gasteiger charge is 2.23. The Morgan fingerprint density at radius 2 is 2.29 bits per heavy atom. The summed E-state index contributed by atoms with van der Waals surface area (Å²) < 4.78 is 27.2. The van der Waals surface area contributed by atoms with E-state index < -0.39 is 0 Å². The average Bonchev–Trinajstić information content (AvgIpc) is 2.65. The van der Waals surface area contributed by atoms with Gasteiger partial charge < -0.3 is 9.47 Å². The molecule has 0 bridgehead atoms. The van der Waals surface area contributed by atoms with Gasteiger partial charge in [0.2, 0.25) is 0 Å². The Balaban J connectivity index is 2.11. The number of hydrogen-bond donors (Lipinski definition) is 0. The van der Waals surface area contributed by atoms with Crippen LogP contribution >= 0.6 is 22.6 Å². The molecule has 6 heteroatoms. The molecule has 1 aliphatic rings. The van der Waals surface area contributed by atoms with Gasteiger partial charge in [-0.2, -0.15) is 5.10 Å². The van der Waals surface area contributed by atoms with E-state index in [1.807, 2.05) is 4.68 Å². The lowest BCUT2D eigenvalue weighted by Gasteiger charge is -2.12. The first-order chi connectivity index (χ1) is 10.1. The lowest BCUT2D eigenvalue weighted by molar-refractivity contribution is 0.0734. The van der Waals surface area contributed by atoms with Gasteiger partial charge >= 0.3 is 0 Å². The molecule has 21 heavy (non-hydrogen) atoms. The summed E-state index contributed by atoms with van der Waals surface area (Å²) in [7, 11) is 1.46. The maximum absolute atomic E-state index is 13.6. The van der Waals surface area contributed by atoms with Crippen molar-refractivity contribution in [1.29, 1.82) is 0 Å². The molecule has 1 aromatic heterocycles. The van der Waals surface area contributed by atoms with Gasteiger partial charge in [-0.15, -0.1) is 0 Å². The van der Waals surface area contributed by atoms with Crippen molar-refractivity contribution in [2.45, 2.75) is 25.9 Å². The van der Waals surface area contributed by atoms with Crippen LogP contribution in [0.4, 0.5) is 4.39 Å². The molecule has 112 valence electrons. The van der Waals surface area contributed by atoms with Crippen LogP contribution in [0.3, 0.4) is 0 Å². The highest BCUT2D eigenvalue weighted by Crippen LogP contribution is 2.27. The number of ether oxygens (including phenoxy) is 2. The monoisotopic (exact) mass is 402 g/mol. The predicted molar refractivity (Wildman–Crippen MR) is 85.6 cm³/mol. The van der Waals surface area contributed by atoms with Crippen LogP contribution in [0.25, 0.3) is 5.69 Å². The summed E-state index contributed by atoms with van der Waals surface area (Å²) in [5.41, 5.74) is 3.17. The zero-order chi connectivity index (χ0) is 15.0. The Labute approximate surface area is 136 Å². The topological polar surface area (TPSA) is 36.3 Å². The molecule has 0 saturated heterocycles. The van der Waals surface area contributed by atoms with E-state index in [1.54, 1.807) is 12.1 Å². The summed E-state index contributed by atoms with van der Waals surface area (Å²) in [5, 5.41) is 4.61. The smallest absolute Gasteiger partial charge is 0.165 e. The van der Waals surface area contributed by atoms with Gasteiger partial charge in [0, 0.05) is 24.5 Å². The van der Waals surface area contributed by atoms with E-state index in [2.05, 4.69) is 34.6 Å². The highest BCUT2D eigenvalue weighted by molar-refractivity contribution is 14.1. The Hall–Kier alpha value is -1.15. The van der Waals surface area contributed by atoms with Crippen LogP contribution in [0.15, 0.2) is 18.2 Å². The molecule has 0 aliphatic carbocycles. The first-order valence-electron chi connectivity index (χ1n) is 6.82. The van der Waals surface area contributed by atoms with Crippen molar-refractivity contribution >= 4 is 22.6 Å². The zero-order valence-electron chi connectivity index (χ0n) is 11.9. The van der Waals surface area contributed by atoms with Gasteiger partial charge in [0.1, 0.15) is 3.70 Å². The summed E-state index contributed by atoms with van der Waals surface area (Å²) in [4.78, 5) is 0. The van der Waals surface area contributed by atoms with E-state index in [0.29, 0.717) is 6.61 Å². The van der Waals surface area contributed by atoms with Crippen molar-refractivity contribution in [2.24, 2.45) is 0 Å². The summed E-state index contributed by atoms with van der Waals surface area (Å²) in [5.74, 6) is -0.143. The van der Waals surface area contributed by atoms with E-state index in [4.69, 9.17) is 9.47 Å². The largest absolute Gasteiger partial charge is 0.494 e. The molecule has 4 nitrogen and oxygen atoms in total. The van der Waals surface area contributed by atoms with Crippen molar-refractivity contribution in [3.05, 3.63) is 39.0 Å². The number of rotatable bonds is 2. The number of aromatic nitrogens is 2. The van der Waals surface area contributed by atoms with Gasteiger partial charge in [0.25, 0.3) is 0 Å². The second-order valence-corrected chi connectivity index (χ2v) is 6.10. The Bertz CT molecular complexity index is 672. The van der Waals surface area contributed by atoms with Gasteiger partial charge in [0.05, 0.1) is 31.2 Å². The highest BCUT2D eigenvalue weighted by atomic mass is 127. The maximum atomic E-state index is 13.6. The van der Waals surface area contributed by atoms with Crippen molar-refractivity contribution in [2.75, 3.05) is 13.7 Å². The normalized spacial score (nSPS) is 18.2. The van der Waals surface area contributed by atoms with E-state index in [0.717, 1.165) is 27.9 Å². The van der Waals surface area contributed by atoms with Crippen LogP contribution in [-0.4, -0.2) is 29.6 Å². The molecule has 0 radical (unpaired) electrons. The predicted octanol–water partition coefficient (Wildman–Crippen LogP) is 3.13. The molecular formula is C15H16FIN2O2. The third kappa shape index (κ3) is 2.78. The Morgan fingerprint density at radius 3 is 3.05 bits per heavy atom. The van der Waals surface area contributed by atoms with Gasteiger partial charge in [-0.1, -0.05) is 0 Å². The molecule has 0 N–H and O–H groups in total. The molecule has 1 atom stereocenters. The quantitative estimate of drug-likeness (QED) is 0.725. The fourth-order valence-corrected chi connectivity index (χ4v) is 3.40. The standard InChI is InChI=1S/C15H16FIN2O2/c1-9-7-13-11(5-6-21-9)15(17)18-19(13)10-3-4-12(16)14(8-10)20-2/h3-4,8-9H,5-7H2,1-2H3/t9-/m1/s1. The van der Waals surface area contributed by atoms with Crippen LogP contribution in [-0.2, 0) is 17.6 Å². The Kier molecular flexibility index (Phi) is 4.17. The number of benzene rings is 1. The van der Waals surface area contributed by atoms with Crippen LogP contribution < -0.4 is 4.74 Å². The minimum absolute atomic E-state index is 0.153. The number of methoxy groups -OCH3 is 1. The number of nitrogens with zero attached hydrogens (tertiary/aromatic N) is 2. The lowest BCUT2D eigenvalue weighted by atomic mass is 10.1. The minimum Gasteiger partial charge on any atom is -0.494 e. The number of halogens is 2. The van der Waals surface area contributed by atoms with Crippen LogP contribution in [0.5, 0.6) is 5.75 Å². The Morgan fingerprint density at radius 1 is 1.48 bits per heavy atom. The average molecular weight is 402 g/mol. The van der Waals surface area contributed by atoms with Gasteiger partial charge in [-0.25, -0.2) is 9.07 Å². The van der Waals surface area contributed by atoms with E-state index in [9.17, 15) is 4.39 Å². The van der Waals surface area contributed by atoms with E-state index >= 15 is 0 Å². The molecule has 0 unspecified atom stereocenters. The molecule has 1 aromatic carbocycles. The molecule has 3 rings (SSSR count). The summed E-state index contributed by atoms with van der Waals surface area (Å²) >= 11 is 2.25. The number of hydrogen-bond acceptors (Lipinski definition) is 3. The first kappa shape index (κ1) is 14.8. The first-order valence-corrected chi connectivity index (χ1v) is 7.90. The fraction of sp³-hybridized carbons (Fsp3) is 0.400. The van der Waals surface area contributed by atoms with Gasteiger partial charge in [-0.3, -0.25) is 0 Å². The van der Waals surface area contributed by atoms with E-state index in [-0.39, 0.29) is 17.7 Å². The van der Waals surface area contributed by atoms with Crippen molar-refractivity contribution < 1.29 is 13.9 Å². The van der Waals surface area contributed by atoms with Gasteiger partial charge in [0.15, 0.2) is 11.6 Å². The molecule has 0 saturated carbocycles. The second-order valence-electron chi connectivity index (χ2n) is 5.08. The fourth-order valence-electron chi connectivity index (χ4n) is 2.60. The van der Waals surface area contributed by atoms with E-state index in [1.165, 1.54) is 18.7 Å². The molecule has 0 amide bonds. The third-order valence-corrected chi connectivity index (χ3v) is 4.52. The summed E-state index contributed by atoms with van der Waals surface area (Å²) in [6.07, 6.45) is 1.81. The van der Waals surface area contributed by atoms with Crippen molar-refractivity contribution in [3.8, 4) is 11.4 Å². The lowest BCUT2D eigenvalue weighted by Crippen LogP contribution is -2.13. The minimum atomic E-state index is -0.370. The van der Waals surface area contributed by atoms with Crippen molar-refractivity contribution in [1.82, 2.24) is 9.78 Å².